The highest BCUT2D eigenvalue weighted by molar-refractivity contribution is 5.51. The highest BCUT2D eigenvalue weighted by Gasteiger charge is 2.20. The zero-order valence-corrected chi connectivity index (χ0v) is 10.4. The number of hydrogen-bond acceptors (Lipinski definition) is 3. The minimum absolute atomic E-state index is 0.301. The molecule has 1 heterocycles. The van der Waals surface area contributed by atoms with Crippen molar-refractivity contribution in [2.24, 2.45) is 5.92 Å². The molecular weight excluding hydrogens is 224 g/mol. The van der Waals surface area contributed by atoms with Crippen molar-refractivity contribution < 1.29 is 5.11 Å². The summed E-state index contributed by atoms with van der Waals surface area (Å²) < 4.78 is 0. The Kier molecular flexibility index (Phi) is 4.52. The smallest absolute Gasteiger partial charge is 0.0991 e. The number of hydrogen-bond donors (Lipinski definition) is 1. The fourth-order valence-electron chi connectivity index (χ4n) is 2.23. The first-order valence-electron chi connectivity index (χ1n) is 6.31. The van der Waals surface area contributed by atoms with Crippen LogP contribution >= 0.6 is 0 Å². The van der Waals surface area contributed by atoms with Crippen LogP contribution < -0.4 is 0 Å². The lowest BCUT2D eigenvalue weighted by atomic mass is 10.1. The maximum atomic E-state index is 9.07. The van der Waals surface area contributed by atoms with E-state index in [0.717, 1.165) is 31.6 Å². The SMILES string of the molecule is N#Cc1ccc(/C=C/CN2CCC(CO)C2)cc1. The van der Waals surface area contributed by atoms with E-state index in [0.29, 0.717) is 18.1 Å². The Morgan fingerprint density at radius 1 is 1.39 bits per heavy atom. The van der Waals surface area contributed by atoms with E-state index in [1.54, 1.807) is 0 Å². The predicted octanol–water partition coefficient (Wildman–Crippen LogP) is 1.89. The van der Waals surface area contributed by atoms with Crippen LogP contribution in [0.4, 0.5) is 0 Å². The summed E-state index contributed by atoms with van der Waals surface area (Å²) in [6.07, 6.45) is 5.32. The van der Waals surface area contributed by atoms with Gasteiger partial charge in [-0.15, -0.1) is 0 Å². The highest BCUT2D eigenvalue weighted by atomic mass is 16.3. The lowest BCUT2D eigenvalue weighted by Gasteiger charge is -2.12. The first-order chi connectivity index (χ1) is 8.81. The minimum Gasteiger partial charge on any atom is -0.396 e. The molecule has 0 bridgehead atoms. The predicted molar refractivity (Wildman–Crippen MR) is 71.8 cm³/mol. The number of nitriles is 1. The summed E-state index contributed by atoms with van der Waals surface area (Å²) in [5.74, 6) is 0.452. The van der Waals surface area contributed by atoms with E-state index < -0.39 is 0 Å². The fraction of sp³-hybridized carbons (Fsp3) is 0.400. The largest absolute Gasteiger partial charge is 0.396 e. The summed E-state index contributed by atoms with van der Waals surface area (Å²) in [5, 5.41) is 17.8. The molecule has 1 saturated heterocycles. The van der Waals surface area contributed by atoms with Crippen LogP contribution in [0.25, 0.3) is 6.08 Å². The second-order valence-corrected chi connectivity index (χ2v) is 4.73. The van der Waals surface area contributed by atoms with Gasteiger partial charge in [0.25, 0.3) is 0 Å². The molecule has 1 unspecified atom stereocenters. The number of aliphatic hydroxyl groups excluding tert-OH is 1. The van der Waals surface area contributed by atoms with Gasteiger partial charge in [-0.1, -0.05) is 24.3 Å². The van der Waals surface area contributed by atoms with Gasteiger partial charge in [-0.2, -0.15) is 5.26 Å². The number of rotatable bonds is 4. The zero-order valence-electron chi connectivity index (χ0n) is 10.4. The van der Waals surface area contributed by atoms with Crippen molar-refractivity contribution in [3.63, 3.8) is 0 Å². The standard InChI is InChI=1S/C15H18N2O/c16-10-14-5-3-13(4-6-14)2-1-8-17-9-7-15(11-17)12-18/h1-6,15,18H,7-9,11-12H2/b2-1+. The molecule has 1 aliphatic rings. The van der Waals surface area contributed by atoms with Crippen molar-refractivity contribution >= 4 is 6.08 Å². The topological polar surface area (TPSA) is 47.3 Å². The van der Waals surface area contributed by atoms with Crippen molar-refractivity contribution in [3.8, 4) is 6.07 Å². The van der Waals surface area contributed by atoms with E-state index in [1.165, 1.54) is 0 Å². The molecule has 2 rings (SSSR count). The molecule has 1 fully saturated rings. The van der Waals surface area contributed by atoms with Crippen LogP contribution in [-0.4, -0.2) is 36.2 Å². The Labute approximate surface area is 108 Å². The van der Waals surface area contributed by atoms with Crippen LogP contribution in [0.15, 0.2) is 30.3 Å². The molecule has 0 radical (unpaired) electrons. The minimum atomic E-state index is 0.301. The van der Waals surface area contributed by atoms with Gasteiger partial charge >= 0.3 is 0 Å². The monoisotopic (exact) mass is 242 g/mol. The Balaban J connectivity index is 1.82. The maximum absolute atomic E-state index is 9.07. The van der Waals surface area contributed by atoms with Gasteiger partial charge in [-0.3, -0.25) is 4.90 Å². The van der Waals surface area contributed by atoms with E-state index in [-0.39, 0.29) is 0 Å². The highest BCUT2D eigenvalue weighted by Crippen LogP contribution is 2.15. The van der Waals surface area contributed by atoms with Gasteiger partial charge < -0.3 is 5.11 Å². The summed E-state index contributed by atoms with van der Waals surface area (Å²) in [6, 6.07) is 9.68. The van der Waals surface area contributed by atoms with Crippen molar-refractivity contribution in [2.45, 2.75) is 6.42 Å². The first kappa shape index (κ1) is 12.8. The molecule has 1 aliphatic heterocycles. The molecule has 94 valence electrons. The molecule has 0 amide bonds. The fourth-order valence-corrected chi connectivity index (χ4v) is 2.23. The summed E-state index contributed by atoms with van der Waals surface area (Å²) in [6.45, 7) is 3.30. The van der Waals surface area contributed by atoms with E-state index >= 15 is 0 Å². The summed E-state index contributed by atoms with van der Waals surface area (Å²) >= 11 is 0. The van der Waals surface area contributed by atoms with E-state index in [2.05, 4.69) is 23.1 Å². The molecule has 18 heavy (non-hydrogen) atoms. The van der Waals surface area contributed by atoms with E-state index in [4.69, 9.17) is 10.4 Å². The van der Waals surface area contributed by atoms with Crippen molar-refractivity contribution in [1.29, 1.82) is 5.26 Å². The van der Waals surface area contributed by atoms with Gasteiger partial charge in [0.1, 0.15) is 0 Å². The molecule has 0 aliphatic carbocycles. The molecule has 1 N–H and O–H groups in total. The summed E-state index contributed by atoms with van der Waals surface area (Å²) in [4.78, 5) is 2.35. The average Bonchev–Trinajstić information content (AvgIpc) is 2.87. The third kappa shape index (κ3) is 3.43. The third-order valence-corrected chi connectivity index (χ3v) is 3.34. The normalized spacial score (nSPS) is 20.3. The van der Waals surface area contributed by atoms with Crippen molar-refractivity contribution in [3.05, 3.63) is 41.5 Å². The molecule has 1 atom stereocenters. The Bertz CT molecular complexity index is 445. The van der Waals surface area contributed by atoms with Crippen LogP contribution in [0.3, 0.4) is 0 Å². The molecule has 1 aromatic carbocycles. The molecule has 3 heteroatoms. The zero-order chi connectivity index (χ0) is 12.8. The number of likely N-dealkylation sites (tertiary alicyclic amines) is 1. The quantitative estimate of drug-likeness (QED) is 0.877. The van der Waals surface area contributed by atoms with Gasteiger partial charge in [-0.05, 0) is 36.6 Å². The van der Waals surface area contributed by atoms with Crippen LogP contribution in [0.1, 0.15) is 17.5 Å². The Morgan fingerprint density at radius 2 is 2.17 bits per heavy atom. The Morgan fingerprint density at radius 3 is 2.78 bits per heavy atom. The van der Waals surface area contributed by atoms with Crippen LogP contribution in [0.2, 0.25) is 0 Å². The molecule has 3 nitrogen and oxygen atoms in total. The molecule has 0 saturated carbocycles. The van der Waals surface area contributed by atoms with Crippen LogP contribution in [0, 0.1) is 17.2 Å². The lowest BCUT2D eigenvalue weighted by molar-refractivity contribution is 0.225. The van der Waals surface area contributed by atoms with E-state index in [9.17, 15) is 0 Å². The van der Waals surface area contributed by atoms with E-state index in [1.807, 2.05) is 24.3 Å². The van der Waals surface area contributed by atoms with Gasteiger partial charge in [-0.25, -0.2) is 0 Å². The second-order valence-electron chi connectivity index (χ2n) is 4.73. The van der Waals surface area contributed by atoms with Gasteiger partial charge in [0.2, 0.25) is 0 Å². The van der Waals surface area contributed by atoms with Gasteiger partial charge in [0.15, 0.2) is 0 Å². The average molecular weight is 242 g/mol. The number of benzene rings is 1. The summed E-state index contributed by atoms with van der Waals surface area (Å²) in [7, 11) is 0. The molecule has 0 spiro atoms. The van der Waals surface area contributed by atoms with Crippen LogP contribution in [-0.2, 0) is 0 Å². The maximum Gasteiger partial charge on any atom is 0.0991 e. The molecule has 1 aromatic rings. The summed E-state index contributed by atoms with van der Waals surface area (Å²) in [5.41, 5.74) is 1.81. The van der Waals surface area contributed by atoms with Crippen molar-refractivity contribution in [1.82, 2.24) is 4.90 Å². The second kappa shape index (κ2) is 6.34. The Hall–Kier alpha value is -1.63. The molecular formula is C15H18N2O. The van der Waals surface area contributed by atoms with Gasteiger partial charge in [0, 0.05) is 19.7 Å². The number of nitrogens with zero attached hydrogens (tertiary/aromatic N) is 2. The molecule has 0 aromatic heterocycles. The van der Waals surface area contributed by atoms with Crippen molar-refractivity contribution in [2.75, 3.05) is 26.2 Å². The number of aliphatic hydroxyl groups is 1. The lowest BCUT2D eigenvalue weighted by Crippen LogP contribution is -2.21. The first-order valence-corrected chi connectivity index (χ1v) is 6.31. The third-order valence-electron chi connectivity index (χ3n) is 3.34. The van der Waals surface area contributed by atoms with Gasteiger partial charge in [0.05, 0.1) is 11.6 Å². The van der Waals surface area contributed by atoms with Crippen LogP contribution in [0.5, 0.6) is 0 Å².